The molecule has 0 radical (unpaired) electrons. The summed E-state index contributed by atoms with van der Waals surface area (Å²) in [4.78, 5) is 10.4. The number of benzene rings is 3. The van der Waals surface area contributed by atoms with E-state index in [0.717, 1.165) is 28.1 Å². The molecule has 0 spiro atoms. The fraction of sp³-hybridized carbons (Fsp3) is 0.231. The van der Waals surface area contributed by atoms with Crippen LogP contribution in [0.3, 0.4) is 0 Å². The van der Waals surface area contributed by atoms with Crippen molar-refractivity contribution in [2.45, 2.75) is 26.5 Å². The molecule has 0 bridgehead atoms. The summed E-state index contributed by atoms with van der Waals surface area (Å²) in [5, 5.41) is 14.3. The summed E-state index contributed by atoms with van der Waals surface area (Å²) >= 11 is 0. The number of hydrogen-bond donors (Lipinski definition) is 1. The van der Waals surface area contributed by atoms with Crippen molar-refractivity contribution in [3.8, 4) is 17.2 Å². The molecule has 0 heterocycles. The molecule has 3 aromatic carbocycles. The first-order chi connectivity index (χ1) is 16.0. The SMILES string of the molecule is C=CCc1cc(CNc2ccc(OCC)cc2)cc(OC)c1OCc1ccc([N+](=O)[O-])cc1. The Labute approximate surface area is 193 Å². The zero-order chi connectivity index (χ0) is 23.6. The van der Waals surface area contributed by atoms with Crippen molar-refractivity contribution in [1.29, 1.82) is 0 Å². The molecular weight excluding hydrogens is 420 g/mol. The molecule has 172 valence electrons. The van der Waals surface area contributed by atoms with Gasteiger partial charge < -0.3 is 19.5 Å². The van der Waals surface area contributed by atoms with Gasteiger partial charge in [0.15, 0.2) is 11.5 Å². The van der Waals surface area contributed by atoms with Crippen LogP contribution in [0.2, 0.25) is 0 Å². The van der Waals surface area contributed by atoms with Gasteiger partial charge in [-0.25, -0.2) is 0 Å². The largest absolute Gasteiger partial charge is 0.494 e. The third kappa shape index (κ3) is 6.49. The van der Waals surface area contributed by atoms with Crippen molar-refractivity contribution in [2.24, 2.45) is 0 Å². The Morgan fingerprint density at radius 2 is 1.76 bits per heavy atom. The predicted molar refractivity (Wildman–Crippen MR) is 129 cm³/mol. The van der Waals surface area contributed by atoms with E-state index in [1.807, 2.05) is 43.3 Å². The van der Waals surface area contributed by atoms with E-state index < -0.39 is 4.92 Å². The average molecular weight is 449 g/mol. The average Bonchev–Trinajstić information content (AvgIpc) is 2.83. The quantitative estimate of drug-likeness (QED) is 0.210. The number of nitrogens with zero attached hydrogens (tertiary/aromatic N) is 1. The Balaban J connectivity index is 1.74. The standard InChI is InChI=1S/C26H28N2O5/c1-4-6-21-15-20(17-27-22-9-13-24(14-10-22)32-5-2)16-25(31-3)26(21)33-18-19-7-11-23(12-8-19)28(29)30/h4,7-16,27H,1,5-6,17-18H2,2-3H3. The van der Waals surface area contributed by atoms with Crippen molar-refractivity contribution >= 4 is 11.4 Å². The monoisotopic (exact) mass is 448 g/mol. The number of nitro benzene ring substituents is 1. The van der Waals surface area contributed by atoms with Crippen LogP contribution in [0.15, 0.2) is 73.3 Å². The topological polar surface area (TPSA) is 82.9 Å². The minimum Gasteiger partial charge on any atom is -0.494 e. The highest BCUT2D eigenvalue weighted by atomic mass is 16.6. The molecule has 0 amide bonds. The van der Waals surface area contributed by atoms with Crippen LogP contribution < -0.4 is 19.5 Å². The summed E-state index contributed by atoms with van der Waals surface area (Å²) in [6.45, 7) is 7.32. The van der Waals surface area contributed by atoms with E-state index in [1.165, 1.54) is 12.1 Å². The van der Waals surface area contributed by atoms with Gasteiger partial charge in [0.2, 0.25) is 0 Å². The van der Waals surface area contributed by atoms with Crippen LogP contribution >= 0.6 is 0 Å². The number of hydrogen-bond acceptors (Lipinski definition) is 6. The minimum absolute atomic E-state index is 0.0491. The molecule has 7 heteroatoms. The van der Waals surface area contributed by atoms with Gasteiger partial charge in [0.1, 0.15) is 12.4 Å². The lowest BCUT2D eigenvalue weighted by Crippen LogP contribution is -2.05. The second-order valence-electron chi connectivity index (χ2n) is 7.30. The summed E-state index contributed by atoms with van der Waals surface area (Å²) < 4.78 is 17.2. The van der Waals surface area contributed by atoms with Gasteiger partial charge in [-0.2, -0.15) is 0 Å². The molecular formula is C26H28N2O5. The molecule has 3 aromatic rings. The predicted octanol–water partition coefficient (Wildman–Crippen LogP) is 5.92. The Hall–Kier alpha value is -4.00. The fourth-order valence-electron chi connectivity index (χ4n) is 3.36. The summed E-state index contributed by atoms with van der Waals surface area (Å²) in [6, 6.07) is 18.2. The molecule has 0 atom stereocenters. The Morgan fingerprint density at radius 1 is 1.03 bits per heavy atom. The van der Waals surface area contributed by atoms with Crippen LogP contribution in [-0.4, -0.2) is 18.6 Å². The Morgan fingerprint density at radius 3 is 2.36 bits per heavy atom. The second-order valence-corrected chi connectivity index (χ2v) is 7.30. The maximum Gasteiger partial charge on any atom is 0.269 e. The second kappa shape index (κ2) is 11.6. The van der Waals surface area contributed by atoms with E-state index in [2.05, 4.69) is 18.0 Å². The van der Waals surface area contributed by atoms with Crippen LogP contribution in [0.5, 0.6) is 17.2 Å². The normalized spacial score (nSPS) is 10.4. The van der Waals surface area contributed by atoms with Gasteiger partial charge in [-0.1, -0.05) is 6.08 Å². The van der Waals surface area contributed by atoms with Gasteiger partial charge in [0.05, 0.1) is 18.6 Å². The van der Waals surface area contributed by atoms with Gasteiger partial charge in [0, 0.05) is 29.9 Å². The third-order valence-electron chi connectivity index (χ3n) is 4.97. The third-order valence-corrected chi connectivity index (χ3v) is 4.97. The lowest BCUT2D eigenvalue weighted by atomic mass is 10.1. The number of nitro groups is 1. The summed E-state index contributed by atoms with van der Waals surface area (Å²) in [5.74, 6) is 2.10. The van der Waals surface area contributed by atoms with Crippen LogP contribution in [-0.2, 0) is 19.6 Å². The molecule has 0 aliphatic heterocycles. The van der Waals surface area contributed by atoms with E-state index in [1.54, 1.807) is 19.2 Å². The van der Waals surface area contributed by atoms with Gasteiger partial charge >= 0.3 is 0 Å². The highest BCUT2D eigenvalue weighted by molar-refractivity contribution is 5.52. The van der Waals surface area contributed by atoms with Crippen LogP contribution in [0.4, 0.5) is 11.4 Å². The number of nitrogens with one attached hydrogen (secondary N) is 1. The number of non-ortho nitro benzene ring substituents is 1. The molecule has 0 saturated heterocycles. The number of anilines is 1. The molecule has 0 fully saturated rings. The molecule has 0 aliphatic carbocycles. The number of methoxy groups -OCH3 is 1. The Bertz CT molecular complexity index is 1080. The van der Waals surface area contributed by atoms with Crippen molar-refractivity contribution in [2.75, 3.05) is 19.0 Å². The molecule has 0 aliphatic rings. The van der Waals surface area contributed by atoms with Gasteiger partial charge in [-0.05, 0) is 73.0 Å². The zero-order valence-electron chi connectivity index (χ0n) is 18.9. The number of rotatable bonds is 12. The summed E-state index contributed by atoms with van der Waals surface area (Å²) in [5.41, 5.74) is 3.86. The minimum atomic E-state index is -0.421. The van der Waals surface area contributed by atoms with E-state index >= 15 is 0 Å². The van der Waals surface area contributed by atoms with E-state index in [9.17, 15) is 10.1 Å². The van der Waals surface area contributed by atoms with Crippen molar-refractivity contribution in [1.82, 2.24) is 0 Å². The summed E-state index contributed by atoms with van der Waals surface area (Å²) in [6.07, 6.45) is 2.43. The molecule has 7 nitrogen and oxygen atoms in total. The van der Waals surface area contributed by atoms with E-state index in [4.69, 9.17) is 14.2 Å². The molecule has 1 N–H and O–H groups in total. The summed E-state index contributed by atoms with van der Waals surface area (Å²) in [7, 11) is 1.61. The smallest absolute Gasteiger partial charge is 0.269 e. The van der Waals surface area contributed by atoms with Crippen molar-refractivity contribution < 1.29 is 19.1 Å². The van der Waals surface area contributed by atoms with Crippen molar-refractivity contribution in [3.05, 3.63) is 100 Å². The lowest BCUT2D eigenvalue weighted by Gasteiger charge is -2.17. The van der Waals surface area contributed by atoms with Crippen LogP contribution in [0, 0.1) is 10.1 Å². The van der Waals surface area contributed by atoms with Gasteiger partial charge in [-0.15, -0.1) is 6.58 Å². The first-order valence-corrected chi connectivity index (χ1v) is 10.7. The first kappa shape index (κ1) is 23.7. The van der Waals surface area contributed by atoms with Crippen molar-refractivity contribution in [3.63, 3.8) is 0 Å². The Kier molecular flexibility index (Phi) is 8.30. The lowest BCUT2D eigenvalue weighted by molar-refractivity contribution is -0.384. The van der Waals surface area contributed by atoms with Crippen LogP contribution in [0.1, 0.15) is 23.6 Å². The maximum absolute atomic E-state index is 10.8. The molecule has 3 rings (SSSR count). The molecule has 33 heavy (non-hydrogen) atoms. The number of ether oxygens (including phenoxy) is 3. The fourth-order valence-corrected chi connectivity index (χ4v) is 3.36. The molecule has 0 unspecified atom stereocenters. The van der Waals surface area contributed by atoms with Gasteiger partial charge in [-0.3, -0.25) is 10.1 Å². The molecule has 0 saturated carbocycles. The number of allylic oxidation sites excluding steroid dienone is 1. The maximum atomic E-state index is 10.8. The highest BCUT2D eigenvalue weighted by Crippen LogP contribution is 2.34. The van der Waals surface area contributed by atoms with Crippen LogP contribution in [0.25, 0.3) is 0 Å². The van der Waals surface area contributed by atoms with Gasteiger partial charge in [0.25, 0.3) is 5.69 Å². The zero-order valence-corrected chi connectivity index (χ0v) is 18.9. The first-order valence-electron chi connectivity index (χ1n) is 10.7. The van der Waals surface area contributed by atoms with E-state index in [0.29, 0.717) is 31.1 Å². The molecule has 0 aromatic heterocycles. The van der Waals surface area contributed by atoms with E-state index in [-0.39, 0.29) is 12.3 Å². The highest BCUT2D eigenvalue weighted by Gasteiger charge is 2.14.